The van der Waals surface area contributed by atoms with Crippen LogP contribution < -0.4 is 0 Å². The van der Waals surface area contributed by atoms with Gasteiger partial charge >= 0.3 is 6.18 Å². The lowest BCUT2D eigenvalue weighted by Gasteiger charge is -2.48. The maximum atomic E-state index is 13.6. The van der Waals surface area contributed by atoms with Crippen LogP contribution in [0, 0.1) is 11.3 Å². The first-order valence-corrected chi connectivity index (χ1v) is 9.07. The predicted octanol–water partition coefficient (Wildman–Crippen LogP) is 6.75. The molecule has 1 aromatic carbocycles. The quantitative estimate of drug-likeness (QED) is 0.420. The molecule has 0 atom stereocenters. The van der Waals surface area contributed by atoms with Crippen LogP contribution in [0.1, 0.15) is 69.3 Å². The number of hydrogen-bond acceptors (Lipinski definition) is 1. The molecule has 3 rings (SSSR count). The number of carbonyl (C=O) groups excluding carboxylic acids is 1. The molecule has 0 amide bonds. The fourth-order valence-corrected chi connectivity index (χ4v) is 4.69. The van der Waals surface area contributed by atoms with Gasteiger partial charge in [-0.25, -0.2) is 0 Å². The van der Waals surface area contributed by atoms with Gasteiger partial charge in [-0.2, -0.15) is 13.2 Å². The molecule has 1 nitrogen and oxygen atoms in total. The molecule has 0 saturated carbocycles. The highest BCUT2D eigenvalue weighted by atomic mass is 19.4. The number of Topliss-reactive ketones (excluding diaryl/α,β-unsaturated/α-hetero) is 1. The van der Waals surface area contributed by atoms with E-state index in [1.807, 2.05) is 13.8 Å². The highest BCUT2D eigenvalue weighted by Gasteiger charge is 2.51. The van der Waals surface area contributed by atoms with Gasteiger partial charge in [0.05, 0.1) is 5.56 Å². The van der Waals surface area contributed by atoms with Crippen molar-refractivity contribution in [2.75, 3.05) is 0 Å². The summed E-state index contributed by atoms with van der Waals surface area (Å²) in [6, 6.07) is 5.24. The second kappa shape index (κ2) is 6.40. The summed E-state index contributed by atoms with van der Waals surface area (Å²) >= 11 is 0. The number of ketones is 1. The molecule has 0 spiro atoms. The molecule has 2 aliphatic carbocycles. The lowest BCUT2D eigenvalue weighted by atomic mass is 9.55. The summed E-state index contributed by atoms with van der Waals surface area (Å²) in [5.41, 5.74) is 3.09. The molecule has 0 aromatic heterocycles. The minimum atomic E-state index is -4.52. The third kappa shape index (κ3) is 3.04. The van der Waals surface area contributed by atoms with E-state index in [1.165, 1.54) is 29.3 Å². The number of benzene rings is 1. The number of hydrogen-bond donors (Lipinski definition) is 0. The SMILES string of the molecule is CC1=C(C)CC2(C(=O)c3ccccc3C(F)(F)F)CC(C)=C(C)CC2C1. The van der Waals surface area contributed by atoms with Gasteiger partial charge in [0, 0.05) is 11.0 Å². The predicted molar refractivity (Wildman–Crippen MR) is 96.9 cm³/mol. The lowest BCUT2D eigenvalue weighted by Crippen LogP contribution is -2.44. The molecule has 0 unspecified atom stereocenters. The largest absolute Gasteiger partial charge is 0.417 e. The third-order valence-electron chi connectivity index (χ3n) is 6.43. The summed E-state index contributed by atoms with van der Waals surface area (Å²) in [7, 11) is 0. The van der Waals surface area contributed by atoms with Crippen LogP contribution in [-0.2, 0) is 6.18 Å². The molecular weight excluding hydrogens is 337 g/mol. The maximum absolute atomic E-state index is 13.6. The fourth-order valence-electron chi connectivity index (χ4n) is 4.69. The van der Waals surface area contributed by atoms with Crippen LogP contribution in [0.2, 0.25) is 0 Å². The van der Waals surface area contributed by atoms with E-state index in [0.29, 0.717) is 12.8 Å². The van der Waals surface area contributed by atoms with Crippen molar-refractivity contribution in [3.05, 3.63) is 57.7 Å². The molecule has 0 heterocycles. The number of alkyl halides is 3. The number of allylic oxidation sites excluding steroid dienone is 4. The number of rotatable bonds is 2. The number of carbonyl (C=O) groups is 1. The Morgan fingerprint density at radius 3 is 1.92 bits per heavy atom. The van der Waals surface area contributed by atoms with E-state index in [0.717, 1.165) is 30.1 Å². The van der Waals surface area contributed by atoms with Crippen molar-refractivity contribution in [3.8, 4) is 0 Å². The summed E-state index contributed by atoms with van der Waals surface area (Å²) in [6.45, 7) is 8.18. The Balaban J connectivity index is 2.15. The van der Waals surface area contributed by atoms with Gasteiger partial charge in [-0.15, -0.1) is 0 Å². The van der Waals surface area contributed by atoms with Crippen molar-refractivity contribution in [2.45, 2.75) is 59.6 Å². The van der Waals surface area contributed by atoms with Crippen molar-refractivity contribution < 1.29 is 18.0 Å². The molecule has 0 radical (unpaired) electrons. The van der Waals surface area contributed by atoms with Gasteiger partial charge in [-0.1, -0.05) is 40.5 Å². The normalized spacial score (nSPS) is 26.8. The lowest BCUT2D eigenvalue weighted by molar-refractivity contribution is -0.138. The maximum Gasteiger partial charge on any atom is 0.417 e. The smallest absolute Gasteiger partial charge is 0.294 e. The first-order chi connectivity index (χ1) is 12.1. The van der Waals surface area contributed by atoms with Crippen molar-refractivity contribution in [1.29, 1.82) is 0 Å². The topological polar surface area (TPSA) is 17.1 Å². The highest BCUT2D eigenvalue weighted by Crippen LogP contribution is 2.55. The van der Waals surface area contributed by atoms with Crippen molar-refractivity contribution in [1.82, 2.24) is 0 Å². The Morgan fingerprint density at radius 2 is 1.42 bits per heavy atom. The van der Waals surface area contributed by atoms with E-state index in [-0.39, 0.29) is 17.3 Å². The molecule has 140 valence electrons. The average Bonchev–Trinajstić information content (AvgIpc) is 2.56. The minimum Gasteiger partial charge on any atom is -0.294 e. The van der Waals surface area contributed by atoms with Crippen LogP contribution in [0.5, 0.6) is 0 Å². The molecule has 0 N–H and O–H groups in total. The zero-order valence-electron chi connectivity index (χ0n) is 15.8. The van der Waals surface area contributed by atoms with Crippen LogP contribution in [0.15, 0.2) is 46.6 Å². The fraction of sp³-hybridized carbons (Fsp3) is 0.500. The summed E-state index contributed by atoms with van der Waals surface area (Å²) in [6.07, 6.45) is -1.84. The Labute approximate surface area is 153 Å². The monoisotopic (exact) mass is 362 g/mol. The van der Waals surface area contributed by atoms with Gasteiger partial charge in [0.2, 0.25) is 0 Å². The Kier molecular flexibility index (Phi) is 4.66. The minimum absolute atomic E-state index is 0.0729. The molecule has 2 aliphatic rings. The molecule has 4 heteroatoms. The summed E-state index contributed by atoms with van der Waals surface area (Å²) < 4.78 is 40.5. The Morgan fingerprint density at radius 1 is 0.923 bits per heavy atom. The van der Waals surface area contributed by atoms with Crippen LogP contribution in [-0.4, -0.2) is 5.78 Å². The Hall–Kier alpha value is -1.84. The number of halogens is 3. The van der Waals surface area contributed by atoms with Crippen molar-refractivity contribution >= 4 is 5.78 Å². The van der Waals surface area contributed by atoms with Crippen LogP contribution in [0.25, 0.3) is 0 Å². The second-order valence-corrected chi connectivity index (χ2v) is 8.11. The van der Waals surface area contributed by atoms with Crippen LogP contribution in [0.3, 0.4) is 0 Å². The van der Waals surface area contributed by atoms with Crippen molar-refractivity contribution in [2.24, 2.45) is 11.3 Å². The second-order valence-electron chi connectivity index (χ2n) is 8.11. The molecule has 1 aromatic rings. The molecular formula is C22H25F3O. The van der Waals surface area contributed by atoms with Gasteiger partial charge in [0.15, 0.2) is 5.78 Å². The summed E-state index contributed by atoms with van der Waals surface area (Å²) in [5.74, 6) is -0.266. The molecule has 0 bridgehead atoms. The van der Waals surface area contributed by atoms with Gasteiger partial charge in [-0.05, 0) is 65.4 Å². The van der Waals surface area contributed by atoms with Crippen LogP contribution in [0.4, 0.5) is 13.2 Å². The standard InChI is InChI=1S/C22H25F3O/c1-13-9-17-10-14(2)16(4)12-21(17,11-15(13)3)20(26)18-7-5-6-8-19(18)22(23,24)25/h5-8,17H,9-12H2,1-4H3. The van der Waals surface area contributed by atoms with E-state index in [2.05, 4.69) is 13.8 Å². The third-order valence-corrected chi connectivity index (χ3v) is 6.43. The first kappa shape index (κ1) is 18.9. The Bertz CT molecular complexity index is 781. The zero-order valence-corrected chi connectivity index (χ0v) is 15.8. The molecule has 0 aliphatic heterocycles. The van der Waals surface area contributed by atoms with Crippen LogP contribution >= 0.6 is 0 Å². The summed E-state index contributed by atoms with van der Waals surface area (Å²) in [5, 5.41) is 0. The molecule has 0 saturated heterocycles. The number of fused-ring (bicyclic) bond motifs is 1. The van der Waals surface area contributed by atoms with Gasteiger partial charge in [0.25, 0.3) is 0 Å². The summed E-state index contributed by atoms with van der Waals surface area (Å²) in [4.78, 5) is 13.6. The van der Waals surface area contributed by atoms with E-state index in [9.17, 15) is 18.0 Å². The van der Waals surface area contributed by atoms with Gasteiger partial charge in [-0.3, -0.25) is 4.79 Å². The van der Waals surface area contributed by atoms with E-state index in [1.54, 1.807) is 0 Å². The molecule has 0 fully saturated rings. The van der Waals surface area contributed by atoms with Crippen molar-refractivity contribution in [3.63, 3.8) is 0 Å². The highest BCUT2D eigenvalue weighted by molar-refractivity contribution is 6.03. The first-order valence-electron chi connectivity index (χ1n) is 9.07. The van der Waals surface area contributed by atoms with Gasteiger partial charge < -0.3 is 0 Å². The van der Waals surface area contributed by atoms with Gasteiger partial charge in [0.1, 0.15) is 0 Å². The van der Waals surface area contributed by atoms with E-state index in [4.69, 9.17) is 0 Å². The average molecular weight is 362 g/mol. The zero-order chi connectivity index (χ0) is 19.3. The molecule has 26 heavy (non-hydrogen) atoms. The van der Waals surface area contributed by atoms with E-state index < -0.39 is 17.2 Å². The van der Waals surface area contributed by atoms with E-state index >= 15 is 0 Å².